The lowest BCUT2D eigenvalue weighted by molar-refractivity contribution is -0.274. The van der Waals surface area contributed by atoms with E-state index in [0.717, 1.165) is 24.9 Å². The van der Waals surface area contributed by atoms with Crippen molar-refractivity contribution in [1.82, 2.24) is 5.32 Å². The third-order valence-corrected chi connectivity index (χ3v) is 4.04. The molecule has 1 N–H and O–H groups in total. The zero-order valence-corrected chi connectivity index (χ0v) is 11.7. The number of nitrogens with one attached hydrogen (secondary N) is 1. The Hall–Kier alpha value is -1.23. The maximum Gasteiger partial charge on any atom is 0.573 e. The van der Waals surface area contributed by atoms with Gasteiger partial charge in [0.25, 0.3) is 0 Å². The van der Waals surface area contributed by atoms with Crippen molar-refractivity contribution in [1.29, 1.82) is 0 Å². The number of alkyl halides is 3. The van der Waals surface area contributed by atoms with Crippen molar-refractivity contribution in [2.24, 2.45) is 5.92 Å². The first-order valence-electron chi connectivity index (χ1n) is 7.00. The quantitative estimate of drug-likeness (QED) is 0.901. The predicted octanol–water partition coefficient (Wildman–Crippen LogP) is 4.08. The van der Waals surface area contributed by atoms with Gasteiger partial charge in [-0.2, -0.15) is 0 Å². The van der Waals surface area contributed by atoms with Crippen LogP contribution in [0.25, 0.3) is 0 Å². The van der Waals surface area contributed by atoms with Gasteiger partial charge in [0.1, 0.15) is 5.75 Å². The molecule has 0 bridgehead atoms. The molecule has 0 amide bonds. The minimum atomic E-state index is -4.63. The molecule has 0 aliphatic heterocycles. The third kappa shape index (κ3) is 3.66. The average Bonchev–Trinajstić information content (AvgIpc) is 2.70. The van der Waals surface area contributed by atoms with Crippen LogP contribution in [0.3, 0.4) is 0 Å². The molecule has 0 aromatic heterocycles. The van der Waals surface area contributed by atoms with Gasteiger partial charge >= 0.3 is 6.36 Å². The van der Waals surface area contributed by atoms with Gasteiger partial charge in [-0.15, -0.1) is 13.2 Å². The molecular weight excluding hydrogens is 267 g/mol. The van der Waals surface area contributed by atoms with Crippen molar-refractivity contribution >= 4 is 0 Å². The van der Waals surface area contributed by atoms with E-state index in [2.05, 4.69) is 23.9 Å². The molecule has 1 saturated carbocycles. The topological polar surface area (TPSA) is 21.3 Å². The highest BCUT2D eigenvalue weighted by atomic mass is 19.4. The van der Waals surface area contributed by atoms with E-state index >= 15 is 0 Å². The van der Waals surface area contributed by atoms with Crippen LogP contribution < -0.4 is 10.1 Å². The fraction of sp³-hybridized carbons (Fsp3) is 0.600. The fourth-order valence-electron chi connectivity index (χ4n) is 3.13. The van der Waals surface area contributed by atoms with Gasteiger partial charge in [-0.25, -0.2) is 0 Å². The summed E-state index contributed by atoms with van der Waals surface area (Å²) in [6, 6.07) is 6.82. The van der Waals surface area contributed by atoms with Crippen molar-refractivity contribution in [3.8, 4) is 5.75 Å². The number of ether oxygens (including phenoxy) is 1. The van der Waals surface area contributed by atoms with Crippen LogP contribution in [0, 0.1) is 5.92 Å². The molecule has 1 aliphatic rings. The first-order valence-corrected chi connectivity index (χ1v) is 7.00. The summed E-state index contributed by atoms with van der Waals surface area (Å²) in [5.74, 6) is 0.570. The first kappa shape index (κ1) is 15.2. The van der Waals surface area contributed by atoms with Crippen LogP contribution in [0.5, 0.6) is 5.75 Å². The highest BCUT2D eigenvalue weighted by Crippen LogP contribution is 2.40. The van der Waals surface area contributed by atoms with Crippen molar-refractivity contribution in [3.63, 3.8) is 0 Å². The van der Waals surface area contributed by atoms with E-state index < -0.39 is 6.36 Å². The molecule has 20 heavy (non-hydrogen) atoms. The largest absolute Gasteiger partial charge is 0.573 e. The molecule has 0 spiro atoms. The molecule has 0 heterocycles. The highest BCUT2D eigenvalue weighted by Gasteiger charge is 2.34. The second-order valence-electron chi connectivity index (χ2n) is 5.33. The van der Waals surface area contributed by atoms with Crippen LogP contribution in [-0.2, 0) is 0 Å². The van der Waals surface area contributed by atoms with Gasteiger partial charge < -0.3 is 10.1 Å². The van der Waals surface area contributed by atoms with E-state index in [1.54, 1.807) is 6.07 Å². The van der Waals surface area contributed by atoms with Gasteiger partial charge in [-0.1, -0.05) is 26.0 Å². The smallest absolute Gasteiger partial charge is 0.406 e. The Morgan fingerprint density at radius 1 is 1.30 bits per heavy atom. The molecule has 3 unspecified atom stereocenters. The summed E-state index contributed by atoms with van der Waals surface area (Å²) in [6.45, 7) is 5.14. The first-order chi connectivity index (χ1) is 9.40. The molecule has 1 aromatic rings. The summed E-state index contributed by atoms with van der Waals surface area (Å²) in [7, 11) is 0. The zero-order chi connectivity index (χ0) is 14.8. The summed E-state index contributed by atoms with van der Waals surface area (Å²) < 4.78 is 40.8. The van der Waals surface area contributed by atoms with Crippen LogP contribution in [0.4, 0.5) is 13.2 Å². The van der Waals surface area contributed by atoms with Crippen molar-refractivity contribution in [2.75, 3.05) is 6.54 Å². The standard InChI is InChI=1S/C15H20F3NO/c1-3-19-14-8-7-13(10(14)2)11-5-4-6-12(9-11)20-15(16,17)18/h4-6,9-10,13-14,19H,3,7-8H2,1-2H3. The van der Waals surface area contributed by atoms with E-state index in [0.29, 0.717) is 12.0 Å². The van der Waals surface area contributed by atoms with Crippen molar-refractivity contribution < 1.29 is 17.9 Å². The molecule has 0 saturated heterocycles. The number of benzene rings is 1. The van der Waals surface area contributed by atoms with E-state index in [1.165, 1.54) is 12.1 Å². The Bertz CT molecular complexity index is 447. The molecule has 5 heteroatoms. The SMILES string of the molecule is CCNC1CCC(c2cccc(OC(F)(F)F)c2)C1C. The molecule has 2 rings (SSSR count). The molecule has 2 nitrogen and oxygen atoms in total. The molecule has 1 fully saturated rings. The van der Waals surface area contributed by atoms with Crippen LogP contribution >= 0.6 is 0 Å². The van der Waals surface area contributed by atoms with Crippen LogP contribution in [-0.4, -0.2) is 18.9 Å². The lowest BCUT2D eigenvalue weighted by atomic mass is 9.89. The van der Waals surface area contributed by atoms with Crippen LogP contribution in [0.2, 0.25) is 0 Å². The summed E-state index contributed by atoms with van der Waals surface area (Å²) >= 11 is 0. The Labute approximate surface area is 117 Å². The maximum atomic E-state index is 12.3. The van der Waals surface area contributed by atoms with Crippen molar-refractivity contribution in [3.05, 3.63) is 29.8 Å². The van der Waals surface area contributed by atoms with Gasteiger partial charge in [-0.05, 0) is 48.9 Å². The fourth-order valence-corrected chi connectivity index (χ4v) is 3.13. The summed E-state index contributed by atoms with van der Waals surface area (Å²) in [5, 5.41) is 3.44. The molecule has 3 atom stereocenters. The second-order valence-corrected chi connectivity index (χ2v) is 5.33. The lowest BCUT2D eigenvalue weighted by Gasteiger charge is -2.22. The van der Waals surface area contributed by atoms with Gasteiger partial charge in [0, 0.05) is 6.04 Å². The van der Waals surface area contributed by atoms with E-state index in [1.807, 2.05) is 6.07 Å². The third-order valence-electron chi connectivity index (χ3n) is 4.04. The Morgan fingerprint density at radius 2 is 2.05 bits per heavy atom. The van der Waals surface area contributed by atoms with E-state index in [-0.39, 0.29) is 11.7 Å². The second kappa shape index (κ2) is 6.04. The average molecular weight is 287 g/mol. The van der Waals surface area contributed by atoms with Gasteiger partial charge in [0.05, 0.1) is 0 Å². The number of hydrogen-bond acceptors (Lipinski definition) is 2. The maximum absolute atomic E-state index is 12.3. The number of hydrogen-bond donors (Lipinski definition) is 1. The number of halogens is 3. The van der Waals surface area contributed by atoms with Gasteiger partial charge in [0.2, 0.25) is 0 Å². The van der Waals surface area contributed by atoms with E-state index in [9.17, 15) is 13.2 Å². The summed E-state index contributed by atoms with van der Waals surface area (Å²) in [4.78, 5) is 0. The van der Waals surface area contributed by atoms with Gasteiger partial charge in [0.15, 0.2) is 0 Å². The van der Waals surface area contributed by atoms with Crippen LogP contribution in [0.1, 0.15) is 38.2 Å². The molecule has 112 valence electrons. The Balaban J connectivity index is 2.11. The normalized spacial score (nSPS) is 26.8. The van der Waals surface area contributed by atoms with Gasteiger partial charge in [-0.3, -0.25) is 0 Å². The van der Waals surface area contributed by atoms with Crippen LogP contribution in [0.15, 0.2) is 24.3 Å². The Kier molecular flexibility index (Phi) is 4.58. The molecular formula is C15H20F3NO. The zero-order valence-electron chi connectivity index (χ0n) is 11.7. The number of rotatable bonds is 4. The van der Waals surface area contributed by atoms with Crippen molar-refractivity contribution in [2.45, 2.75) is 45.0 Å². The minimum Gasteiger partial charge on any atom is -0.406 e. The molecule has 1 aliphatic carbocycles. The highest BCUT2D eigenvalue weighted by molar-refractivity contribution is 5.32. The minimum absolute atomic E-state index is 0.130. The van der Waals surface area contributed by atoms with E-state index in [4.69, 9.17) is 0 Å². The molecule has 0 radical (unpaired) electrons. The molecule has 1 aromatic carbocycles. The predicted molar refractivity (Wildman–Crippen MR) is 71.7 cm³/mol. The summed E-state index contributed by atoms with van der Waals surface area (Å²) in [5.41, 5.74) is 0.930. The lowest BCUT2D eigenvalue weighted by Crippen LogP contribution is -2.32. The summed E-state index contributed by atoms with van der Waals surface area (Å²) in [6.07, 6.45) is -2.58. The Morgan fingerprint density at radius 3 is 2.70 bits per heavy atom. The monoisotopic (exact) mass is 287 g/mol.